The molecule has 0 spiro atoms. The molecule has 0 radical (unpaired) electrons. The number of hydrogen-bond donors (Lipinski definition) is 1. The summed E-state index contributed by atoms with van der Waals surface area (Å²) >= 11 is 5.96. The zero-order chi connectivity index (χ0) is 11.4. The van der Waals surface area contributed by atoms with E-state index in [-0.39, 0.29) is 0 Å². The Morgan fingerprint density at radius 2 is 1.81 bits per heavy atom. The second kappa shape index (κ2) is 5.64. The highest BCUT2D eigenvalue weighted by atomic mass is 35.5. The molecule has 0 bridgehead atoms. The fourth-order valence-electron chi connectivity index (χ4n) is 2.02. The Bertz CT molecular complexity index is 335. The molecule has 1 aromatic rings. The van der Waals surface area contributed by atoms with Crippen LogP contribution >= 0.6 is 11.6 Å². The first-order valence-electron chi connectivity index (χ1n) is 5.67. The van der Waals surface area contributed by atoms with Gasteiger partial charge in [-0.2, -0.15) is 0 Å². The lowest BCUT2D eigenvalue weighted by Gasteiger charge is -2.33. The predicted molar refractivity (Wildman–Crippen MR) is 67.4 cm³/mol. The first kappa shape index (κ1) is 11.9. The molecule has 0 amide bonds. The summed E-state index contributed by atoms with van der Waals surface area (Å²) in [6, 6.07) is 8.09. The molecule has 16 heavy (non-hydrogen) atoms. The van der Waals surface area contributed by atoms with Crippen LogP contribution in [-0.2, 0) is 6.54 Å². The van der Waals surface area contributed by atoms with Crippen LogP contribution < -0.4 is 5.73 Å². The van der Waals surface area contributed by atoms with Gasteiger partial charge in [0.05, 0.1) is 0 Å². The molecule has 3 nitrogen and oxygen atoms in total. The lowest BCUT2D eigenvalue weighted by atomic mass is 10.2. The Hall–Kier alpha value is -0.610. The first-order chi connectivity index (χ1) is 7.78. The number of benzene rings is 1. The van der Waals surface area contributed by atoms with Gasteiger partial charge in [-0.05, 0) is 17.7 Å². The third kappa shape index (κ3) is 3.19. The second-order valence-electron chi connectivity index (χ2n) is 4.21. The number of halogens is 1. The molecule has 4 heteroatoms. The number of piperazine rings is 1. The van der Waals surface area contributed by atoms with Crippen LogP contribution in [0.1, 0.15) is 5.56 Å². The quantitative estimate of drug-likeness (QED) is 0.865. The zero-order valence-corrected chi connectivity index (χ0v) is 10.2. The summed E-state index contributed by atoms with van der Waals surface area (Å²) in [7, 11) is 0. The van der Waals surface area contributed by atoms with Gasteiger partial charge in [-0.25, -0.2) is 0 Å². The van der Waals surface area contributed by atoms with Gasteiger partial charge in [0.1, 0.15) is 0 Å². The highest BCUT2D eigenvalue weighted by Crippen LogP contribution is 2.13. The highest BCUT2D eigenvalue weighted by Gasteiger charge is 2.15. The monoisotopic (exact) mass is 239 g/mol. The third-order valence-electron chi connectivity index (χ3n) is 3.02. The van der Waals surface area contributed by atoms with Crippen molar-refractivity contribution in [2.75, 3.05) is 32.8 Å². The summed E-state index contributed by atoms with van der Waals surface area (Å²) in [6.45, 7) is 5.96. The summed E-state index contributed by atoms with van der Waals surface area (Å²) in [4.78, 5) is 4.71. The largest absolute Gasteiger partial charge is 0.318 e. The molecule has 0 aromatic heterocycles. The molecule has 0 unspecified atom stereocenters. The fraction of sp³-hybridized carbons (Fsp3) is 0.500. The smallest absolute Gasteiger partial charge is 0.0456 e. The van der Waals surface area contributed by atoms with E-state index in [9.17, 15) is 0 Å². The van der Waals surface area contributed by atoms with E-state index in [0.29, 0.717) is 6.67 Å². The van der Waals surface area contributed by atoms with Gasteiger partial charge in [0, 0.05) is 44.4 Å². The van der Waals surface area contributed by atoms with Crippen LogP contribution in [-0.4, -0.2) is 42.6 Å². The van der Waals surface area contributed by atoms with Crippen molar-refractivity contribution in [3.05, 3.63) is 34.9 Å². The minimum atomic E-state index is 0.672. The van der Waals surface area contributed by atoms with Crippen LogP contribution in [0.3, 0.4) is 0 Å². The van der Waals surface area contributed by atoms with Crippen molar-refractivity contribution in [3.63, 3.8) is 0 Å². The maximum Gasteiger partial charge on any atom is 0.0456 e. The highest BCUT2D eigenvalue weighted by molar-refractivity contribution is 6.30. The van der Waals surface area contributed by atoms with E-state index in [1.807, 2.05) is 18.2 Å². The molecule has 1 saturated heterocycles. The van der Waals surface area contributed by atoms with Crippen molar-refractivity contribution in [1.82, 2.24) is 9.80 Å². The van der Waals surface area contributed by atoms with Gasteiger partial charge >= 0.3 is 0 Å². The van der Waals surface area contributed by atoms with E-state index >= 15 is 0 Å². The van der Waals surface area contributed by atoms with Gasteiger partial charge in [-0.15, -0.1) is 0 Å². The van der Waals surface area contributed by atoms with Gasteiger partial charge in [0.25, 0.3) is 0 Å². The maximum absolute atomic E-state index is 5.96. The normalized spacial score (nSPS) is 18.9. The molecule has 1 aliphatic rings. The SMILES string of the molecule is NCN1CCN(Cc2cccc(Cl)c2)CC1. The number of rotatable bonds is 3. The van der Waals surface area contributed by atoms with Crippen molar-refractivity contribution < 1.29 is 0 Å². The molecule has 0 atom stereocenters. The summed E-state index contributed by atoms with van der Waals surface area (Å²) in [5.74, 6) is 0. The predicted octanol–water partition coefficient (Wildman–Crippen LogP) is 1.37. The van der Waals surface area contributed by atoms with E-state index in [0.717, 1.165) is 37.7 Å². The Labute approximate surface area is 102 Å². The van der Waals surface area contributed by atoms with Crippen molar-refractivity contribution in [2.24, 2.45) is 5.73 Å². The average Bonchev–Trinajstić information content (AvgIpc) is 2.30. The van der Waals surface area contributed by atoms with Crippen LogP contribution in [0.5, 0.6) is 0 Å². The first-order valence-corrected chi connectivity index (χ1v) is 6.05. The minimum absolute atomic E-state index is 0.672. The molecule has 2 rings (SSSR count). The van der Waals surface area contributed by atoms with Crippen molar-refractivity contribution in [1.29, 1.82) is 0 Å². The molecular formula is C12H18ClN3. The van der Waals surface area contributed by atoms with E-state index in [4.69, 9.17) is 17.3 Å². The molecule has 0 saturated carbocycles. The molecule has 88 valence electrons. The van der Waals surface area contributed by atoms with Crippen molar-refractivity contribution >= 4 is 11.6 Å². The number of nitrogens with zero attached hydrogens (tertiary/aromatic N) is 2. The number of nitrogens with two attached hydrogens (primary N) is 1. The maximum atomic E-state index is 5.96. The zero-order valence-electron chi connectivity index (χ0n) is 9.40. The minimum Gasteiger partial charge on any atom is -0.318 e. The van der Waals surface area contributed by atoms with Crippen LogP contribution in [0.25, 0.3) is 0 Å². The van der Waals surface area contributed by atoms with E-state index < -0.39 is 0 Å². The van der Waals surface area contributed by atoms with Gasteiger partial charge in [0.15, 0.2) is 0 Å². The Kier molecular flexibility index (Phi) is 4.18. The standard InChI is InChI=1S/C12H18ClN3/c13-12-3-1-2-11(8-12)9-15-4-6-16(10-14)7-5-15/h1-3,8H,4-7,9-10,14H2. The molecule has 1 aromatic carbocycles. The van der Waals surface area contributed by atoms with Gasteiger partial charge in [-0.3, -0.25) is 9.80 Å². The summed E-state index contributed by atoms with van der Waals surface area (Å²) in [5, 5.41) is 0.818. The topological polar surface area (TPSA) is 32.5 Å². The summed E-state index contributed by atoms with van der Waals surface area (Å²) < 4.78 is 0. The summed E-state index contributed by atoms with van der Waals surface area (Å²) in [6.07, 6.45) is 0. The Balaban J connectivity index is 1.87. The molecule has 1 aliphatic heterocycles. The molecular weight excluding hydrogens is 222 g/mol. The van der Waals surface area contributed by atoms with E-state index in [1.165, 1.54) is 5.56 Å². The summed E-state index contributed by atoms with van der Waals surface area (Å²) in [5.41, 5.74) is 6.90. The Morgan fingerprint density at radius 1 is 1.12 bits per heavy atom. The van der Waals surface area contributed by atoms with E-state index in [2.05, 4.69) is 15.9 Å². The van der Waals surface area contributed by atoms with Gasteiger partial charge in [0.2, 0.25) is 0 Å². The van der Waals surface area contributed by atoms with Crippen molar-refractivity contribution in [2.45, 2.75) is 6.54 Å². The Morgan fingerprint density at radius 3 is 2.44 bits per heavy atom. The average molecular weight is 240 g/mol. The van der Waals surface area contributed by atoms with Crippen LogP contribution in [0.2, 0.25) is 5.02 Å². The third-order valence-corrected chi connectivity index (χ3v) is 3.25. The van der Waals surface area contributed by atoms with Gasteiger partial charge < -0.3 is 5.73 Å². The van der Waals surface area contributed by atoms with Crippen LogP contribution in [0.15, 0.2) is 24.3 Å². The lowest BCUT2D eigenvalue weighted by Crippen LogP contribution is -2.47. The van der Waals surface area contributed by atoms with E-state index in [1.54, 1.807) is 0 Å². The van der Waals surface area contributed by atoms with Crippen molar-refractivity contribution in [3.8, 4) is 0 Å². The van der Waals surface area contributed by atoms with Gasteiger partial charge in [-0.1, -0.05) is 23.7 Å². The lowest BCUT2D eigenvalue weighted by molar-refractivity contribution is 0.129. The fourth-order valence-corrected chi connectivity index (χ4v) is 2.24. The van der Waals surface area contributed by atoms with Crippen LogP contribution in [0, 0.1) is 0 Å². The molecule has 0 aliphatic carbocycles. The molecule has 2 N–H and O–H groups in total. The second-order valence-corrected chi connectivity index (χ2v) is 4.64. The van der Waals surface area contributed by atoms with Crippen LogP contribution in [0.4, 0.5) is 0 Å². The molecule has 1 heterocycles. The number of hydrogen-bond acceptors (Lipinski definition) is 3. The molecule has 1 fully saturated rings.